The minimum atomic E-state index is -0.850. The summed E-state index contributed by atoms with van der Waals surface area (Å²) in [4.78, 5) is 47.8. The fourth-order valence-corrected chi connectivity index (χ4v) is 6.75. The Morgan fingerprint density at radius 1 is 0.935 bits per heavy atom. The van der Waals surface area contributed by atoms with Gasteiger partial charge >= 0.3 is 0 Å². The quantitative estimate of drug-likeness (QED) is 0.273. The second-order valence-electron chi connectivity index (χ2n) is 13.2. The number of hydrogen-bond acceptors (Lipinski definition) is 6. The van der Waals surface area contributed by atoms with Gasteiger partial charge in [-0.2, -0.15) is 0 Å². The third-order valence-electron chi connectivity index (χ3n) is 8.55. The summed E-state index contributed by atoms with van der Waals surface area (Å²) in [5.41, 5.74) is 9.61. The van der Waals surface area contributed by atoms with Crippen molar-refractivity contribution in [2.75, 3.05) is 27.2 Å². The number of likely N-dealkylation sites (tertiary alicyclic amines) is 1. The van der Waals surface area contributed by atoms with E-state index in [0.29, 0.717) is 38.8 Å². The van der Waals surface area contributed by atoms with E-state index in [0.717, 1.165) is 27.1 Å². The van der Waals surface area contributed by atoms with Gasteiger partial charge in [-0.15, -0.1) is 11.3 Å². The molecule has 0 unspecified atom stereocenters. The predicted octanol–water partition coefficient (Wildman–Crippen LogP) is 4.91. The van der Waals surface area contributed by atoms with Crippen LogP contribution in [0.5, 0.6) is 0 Å². The van der Waals surface area contributed by atoms with Crippen LogP contribution in [0.1, 0.15) is 50.5 Å². The topological polar surface area (TPSA) is 107 Å². The van der Waals surface area contributed by atoms with Crippen molar-refractivity contribution >= 4 is 29.1 Å². The summed E-state index contributed by atoms with van der Waals surface area (Å²) in [5, 5.41) is 12.0. The second-order valence-corrected chi connectivity index (χ2v) is 14.2. The Hall–Kier alpha value is -3.79. The number of carbonyl (C=O) groups excluding carboxylic acids is 3. The zero-order valence-corrected chi connectivity index (χ0v) is 28.5. The first kappa shape index (κ1) is 35.1. The van der Waals surface area contributed by atoms with Gasteiger partial charge in [0, 0.05) is 56.5 Å². The molecular weight excluding hydrogens is 596 g/mol. The van der Waals surface area contributed by atoms with Crippen LogP contribution in [0.4, 0.5) is 0 Å². The third-order valence-corrected chi connectivity index (χ3v) is 9.44. The van der Waals surface area contributed by atoms with E-state index in [1.54, 1.807) is 36.4 Å². The van der Waals surface area contributed by atoms with Gasteiger partial charge < -0.3 is 25.5 Å². The fraction of sp³-hybridized carbons (Fsp3) is 0.432. The van der Waals surface area contributed by atoms with Crippen LogP contribution in [0.25, 0.3) is 11.1 Å². The third kappa shape index (κ3) is 9.61. The molecule has 1 fully saturated rings. The van der Waals surface area contributed by atoms with Crippen molar-refractivity contribution in [3.63, 3.8) is 0 Å². The molecule has 4 rings (SSSR count). The van der Waals surface area contributed by atoms with Crippen molar-refractivity contribution in [3.8, 4) is 11.1 Å². The van der Waals surface area contributed by atoms with Crippen LogP contribution in [-0.2, 0) is 27.2 Å². The molecule has 1 aliphatic rings. The molecule has 0 spiro atoms. The number of thiophene rings is 1. The lowest BCUT2D eigenvalue weighted by atomic mass is 9.96. The van der Waals surface area contributed by atoms with E-state index in [4.69, 9.17) is 5.73 Å². The smallest absolute Gasteiger partial charge is 0.246 e. The first-order valence-electron chi connectivity index (χ1n) is 16.0. The van der Waals surface area contributed by atoms with E-state index >= 15 is 0 Å². The standard InChI is InChI=1S/C37H48N4O4S/c1-26(25-37(2,3)38)22-34(43)39(4)32(23-27-13-15-29(16-14-27)28-10-7-6-8-11-28)35(44)40(5)33(24-31-12-9-21-46-31)36(45)41-19-17-30(42)18-20-41/h6-16,21-22,30,32-33,42H,17-20,23-25,38H2,1-5H3/t32-,33-/m1/s1. The van der Waals surface area contributed by atoms with Crippen molar-refractivity contribution < 1.29 is 19.5 Å². The lowest BCUT2D eigenvalue weighted by Gasteiger charge is -2.38. The SMILES string of the molecule is CC(=CC(=O)N(C)[C@H](Cc1ccc(-c2ccccc2)cc1)C(=O)N(C)[C@H](Cc1cccs1)C(=O)N1CCC(O)CC1)CC(C)(C)N. The molecule has 0 bridgehead atoms. The van der Waals surface area contributed by atoms with Gasteiger partial charge in [0.25, 0.3) is 0 Å². The first-order chi connectivity index (χ1) is 21.8. The summed E-state index contributed by atoms with van der Waals surface area (Å²) in [7, 11) is 3.32. The zero-order valence-electron chi connectivity index (χ0n) is 27.7. The fourth-order valence-electron chi connectivity index (χ4n) is 6.01. The number of nitrogens with two attached hydrogens (primary N) is 1. The Balaban J connectivity index is 1.64. The van der Waals surface area contributed by atoms with E-state index < -0.39 is 23.7 Å². The number of likely N-dealkylation sites (N-methyl/N-ethyl adjacent to an activating group) is 2. The summed E-state index contributed by atoms with van der Waals surface area (Å²) in [6.45, 7) is 6.58. The molecule has 0 radical (unpaired) electrons. The number of carbonyl (C=O) groups is 3. The Morgan fingerprint density at radius 3 is 2.15 bits per heavy atom. The molecular formula is C37H48N4O4S. The van der Waals surface area contributed by atoms with Gasteiger partial charge in [-0.25, -0.2) is 0 Å². The molecule has 3 N–H and O–H groups in total. The minimum absolute atomic E-state index is 0.142. The van der Waals surface area contributed by atoms with E-state index in [1.165, 1.54) is 9.80 Å². The van der Waals surface area contributed by atoms with Gasteiger partial charge in [0.1, 0.15) is 12.1 Å². The number of rotatable bonds is 12. The Kier molecular flexibility index (Phi) is 11.9. The molecule has 9 heteroatoms. The number of aliphatic hydroxyl groups excluding tert-OH is 1. The number of amides is 3. The van der Waals surface area contributed by atoms with Crippen LogP contribution in [-0.4, -0.2) is 88.4 Å². The maximum absolute atomic E-state index is 14.5. The van der Waals surface area contributed by atoms with E-state index in [9.17, 15) is 19.5 Å². The van der Waals surface area contributed by atoms with Crippen molar-refractivity contribution in [1.82, 2.24) is 14.7 Å². The van der Waals surface area contributed by atoms with Crippen molar-refractivity contribution in [3.05, 3.63) is 94.2 Å². The number of hydrogen-bond donors (Lipinski definition) is 2. The monoisotopic (exact) mass is 644 g/mol. The van der Waals surface area contributed by atoms with Crippen molar-refractivity contribution in [1.29, 1.82) is 0 Å². The van der Waals surface area contributed by atoms with E-state index in [-0.39, 0.29) is 24.1 Å². The predicted molar refractivity (Wildman–Crippen MR) is 185 cm³/mol. The van der Waals surface area contributed by atoms with Gasteiger partial charge in [0.2, 0.25) is 17.7 Å². The number of nitrogens with zero attached hydrogens (tertiary/aromatic N) is 3. The normalized spacial score (nSPS) is 15.7. The molecule has 2 aromatic carbocycles. The summed E-state index contributed by atoms with van der Waals surface area (Å²) in [6.07, 6.45) is 3.36. The highest BCUT2D eigenvalue weighted by Gasteiger charge is 2.37. The Labute approximate surface area is 277 Å². The highest BCUT2D eigenvalue weighted by molar-refractivity contribution is 7.09. The molecule has 1 aromatic heterocycles. The lowest BCUT2D eigenvalue weighted by Crippen LogP contribution is -2.57. The molecule has 3 aromatic rings. The van der Waals surface area contributed by atoms with Crippen LogP contribution in [0.15, 0.2) is 83.8 Å². The highest BCUT2D eigenvalue weighted by Crippen LogP contribution is 2.23. The summed E-state index contributed by atoms with van der Waals surface area (Å²) >= 11 is 1.55. The largest absolute Gasteiger partial charge is 0.393 e. The van der Waals surface area contributed by atoms with Gasteiger partial charge in [-0.3, -0.25) is 14.4 Å². The molecule has 8 nitrogen and oxygen atoms in total. The average Bonchev–Trinajstić information content (AvgIpc) is 3.55. The van der Waals surface area contributed by atoms with Gasteiger partial charge in [0.15, 0.2) is 0 Å². The van der Waals surface area contributed by atoms with Gasteiger partial charge in [-0.05, 0) is 68.2 Å². The minimum Gasteiger partial charge on any atom is -0.393 e. The summed E-state index contributed by atoms with van der Waals surface area (Å²) in [6, 6.07) is 20.4. The molecule has 1 aliphatic heterocycles. The van der Waals surface area contributed by atoms with Gasteiger partial charge in [0.05, 0.1) is 6.10 Å². The number of benzene rings is 2. The maximum Gasteiger partial charge on any atom is 0.246 e. The molecule has 1 saturated heterocycles. The number of aliphatic hydroxyl groups is 1. The van der Waals surface area contributed by atoms with E-state index in [2.05, 4.69) is 0 Å². The summed E-state index contributed by atoms with van der Waals surface area (Å²) in [5.74, 6) is -0.738. The van der Waals surface area contributed by atoms with Crippen LogP contribution >= 0.6 is 11.3 Å². The van der Waals surface area contributed by atoms with Crippen LogP contribution in [0.2, 0.25) is 0 Å². The zero-order chi connectivity index (χ0) is 33.4. The van der Waals surface area contributed by atoms with Crippen molar-refractivity contribution in [2.45, 2.75) is 76.6 Å². The second kappa shape index (κ2) is 15.7. The molecule has 46 heavy (non-hydrogen) atoms. The Morgan fingerprint density at radius 2 is 1.57 bits per heavy atom. The highest BCUT2D eigenvalue weighted by atomic mass is 32.1. The van der Waals surface area contributed by atoms with Crippen LogP contribution < -0.4 is 5.73 Å². The summed E-state index contributed by atoms with van der Waals surface area (Å²) < 4.78 is 0. The van der Waals surface area contributed by atoms with Gasteiger partial charge in [-0.1, -0.05) is 66.2 Å². The first-order valence-corrected chi connectivity index (χ1v) is 16.8. The van der Waals surface area contributed by atoms with E-state index in [1.807, 2.05) is 92.9 Å². The van der Waals surface area contributed by atoms with Crippen LogP contribution in [0.3, 0.4) is 0 Å². The molecule has 246 valence electrons. The molecule has 0 saturated carbocycles. The molecule has 0 aliphatic carbocycles. The lowest BCUT2D eigenvalue weighted by molar-refractivity contribution is -0.150. The van der Waals surface area contributed by atoms with Crippen LogP contribution in [0, 0.1) is 0 Å². The Bertz CT molecular complexity index is 1470. The number of piperidine rings is 1. The molecule has 2 atom stereocenters. The maximum atomic E-state index is 14.5. The average molecular weight is 645 g/mol. The molecule has 2 heterocycles. The van der Waals surface area contributed by atoms with Crippen molar-refractivity contribution in [2.24, 2.45) is 5.73 Å². The molecule has 3 amide bonds.